The SMILES string of the molecule is CCOC(=O)C1=C(C)CCC(C)(C)C1=O. The van der Waals surface area contributed by atoms with Crippen LogP contribution in [0.4, 0.5) is 0 Å². The van der Waals surface area contributed by atoms with Crippen LogP contribution in [-0.2, 0) is 14.3 Å². The highest BCUT2D eigenvalue weighted by Gasteiger charge is 2.38. The summed E-state index contributed by atoms with van der Waals surface area (Å²) in [6, 6.07) is 0. The third kappa shape index (κ3) is 2.28. The van der Waals surface area contributed by atoms with E-state index in [1.165, 1.54) is 0 Å². The zero-order valence-corrected chi connectivity index (χ0v) is 9.85. The normalized spacial score (nSPS) is 20.4. The summed E-state index contributed by atoms with van der Waals surface area (Å²) in [7, 11) is 0. The molecular weight excluding hydrogens is 192 g/mol. The Hall–Kier alpha value is -1.12. The molecule has 0 radical (unpaired) electrons. The Morgan fingerprint density at radius 3 is 2.60 bits per heavy atom. The van der Waals surface area contributed by atoms with E-state index >= 15 is 0 Å². The standard InChI is InChI=1S/C12H18O3/c1-5-15-11(14)9-8(2)6-7-12(3,4)10(9)13/h5-7H2,1-4H3. The number of hydrogen-bond acceptors (Lipinski definition) is 3. The van der Waals surface area contributed by atoms with Crippen LogP contribution in [0.1, 0.15) is 40.5 Å². The predicted molar refractivity (Wildman–Crippen MR) is 57.4 cm³/mol. The molecule has 0 aromatic carbocycles. The summed E-state index contributed by atoms with van der Waals surface area (Å²) in [5.74, 6) is -0.544. The predicted octanol–water partition coefficient (Wildman–Crippen LogP) is 2.26. The van der Waals surface area contributed by atoms with Gasteiger partial charge in [0.15, 0.2) is 5.78 Å². The fourth-order valence-corrected chi connectivity index (χ4v) is 1.74. The van der Waals surface area contributed by atoms with Gasteiger partial charge in [0.2, 0.25) is 0 Å². The molecule has 0 aromatic heterocycles. The van der Waals surface area contributed by atoms with E-state index in [4.69, 9.17) is 4.74 Å². The zero-order chi connectivity index (χ0) is 11.6. The number of carbonyl (C=O) groups is 2. The molecule has 0 spiro atoms. The van der Waals surface area contributed by atoms with Crippen LogP contribution in [0, 0.1) is 5.41 Å². The highest BCUT2D eigenvalue weighted by atomic mass is 16.5. The largest absolute Gasteiger partial charge is 0.462 e. The van der Waals surface area contributed by atoms with Crippen molar-refractivity contribution >= 4 is 11.8 Å². The van der Waals surface area contributed by atoms with Gasteiger partial charge < -0.3 is 4.74 Å². The minimum atomic E-state index is -0.465. The molecule has 0 aromatic rings. The van der Waals surface area contributed by atoms with Gasteiger partial charge in [-0.05, 0) is 26.7 Å². The van der Waals surface area contributed by atoms with Crippen LogP contribution in [0.15, 0.2) is 11.1 Å². The maximum Gasteiger partial charge on any atom is 0.341 e. The van der Waals surface area contributed by atoms with Crippen LogP contribution < -0.4 is 0 Å². The highest BCUT2D eigenvalue weighted by molar-refractivity contribution is 6.20. The topological polar surface area (TPSA) is 43.4 Å². The first-order chi connectivity index (χ1) is 6.90. The lowest BCUT2D eigenvalue weighted by atomic mass is 9.73. The smallest absolute Gasteiger partial charge is 0.341 e. The van der Waals surface area contributed by atoms with E-state index < -0.39 is 11.4 Å². The molecule has 0 unspecified atom stereocenters. The second kappa shape index (κ2) is 4.17. The van der Waals surface area contributed by atoms with Crippen LogP contribution in [-0.4, -0.2) is 18.4 Å². The Labute approximate surface area is 90.5 Å². The molecule has 84 valence electrons. The number of ether oxygens (including phenoxy) is 1. The van der Waals surface area contributed by atoms with E-state index in [1.54, 1.807) is 6.92 Å². The first-order valence-electron chi connectivity index (χ1n) is 5.32. The van der Waals surface area contributed by atoms with Crippen LogP contribution >= 0.6 is 0 Å². The van der Waals surface area contributed by atoms with Gasteiger partial charge >= 0.3 is 5.97 Å². The Kier molecular flexibility index (Phi) is 3.32. The number of hydrogen-bond donors (Lipinski definition) is 0. The average molecular weight is 210 g/mol. The summed E-state index contributed by atoms with van der Waals surface area (Å²) >= 11 is 0. The molecule has 0 saturated heterocycles. The average Bonchev–Trinajstić information content (AvgIpc) is 2.14. The summed E-state index contributed by atoms with van der Waals surface area (Å²) in [5, 5.41) is 0. The number of allylic oxidation sites excluding steroid dienone is 1. The van der Waals surface area contributed by atoms with Crippen molar-refractivity contribution < 1.29 is 14.3 Å². The monoisotopic (exact) mass is 210 g/mol. The lowest BCUT2D eigenvalue weighted by Gasteiger charge is -2.29. The van der Waals surface area contributed by atoms with Gasteiger partial charge in [0, 0.05) is 5.41 Å². The quantitative estimate of drug-likeness (QED) is 0.518. The Morgan fingerprint density at radius 1 is 1.47 bits per heavy atom. The first kappa shape index (κ1) is 12.0. The Bertz CT molecular complexity index is 324. The summed E-state index contributed by atoms with van der Waals surface area (Å²) in [6.07, 6.45) is 1.60. The van der Waals surface area contributed by atoms with Crippen molar-refractivity contribution in [3.63, 3.8) is 0 Å². The molecule has 0 saturated carbocycles. The lowest BCUT2D eigenvalue weighted by Crippen LogP contribution is -2.34. The molecule has 0 bridgehead atoms. The maximum atomic E-state index is 12.0. The van der Waals surface area contributed by atoms with Crippen molar-refractivity contribution in [1.29, 1.82) is 0 Å². The van der Waals surface area contributed by atoms with Gasteiger partial charge in [0.1, 0.15) is 5.57 Å². The summed E-state index contributed by atoms with van der Waals surface area (Å²) in [5.41, 5.74) is 0.701. The molecule has 0 aliphatic heterocycles. The van der Waals surface area contributed by atoms with Gasteiger partial charge in [-0.1, -0.05) is 19.4 Å². The molecule has 3 heteroatoms. The Morgan fingerprint density at radius 2 is 2.07 bits per heavy atom. The second-order valence-electron chi connectivity index (χ2n) is 4.59. The van der Waals surface area contributed by atoms with Crippen molar-refractivity contribution in [2.45, 2.75) is 40.5 Å². The highest BCUT2D eigenvalue weighted by Crippen LogP contribution is 2.35. The van der Waals surface area contributed by atoms with Crippen molar-refractivity contribution in [1.82, 2.24) is 0 Å². The van der Waals surface area contributed by atoms with Crippen molar-refractivity contribution in [3.8, 4) is 0 Å². The minimum absolute atomic E-state index is 0.0790. The molecule has 3 nitrogen and oxygen atoms in total. The molecule has 0 fully saturated rings. The van der Waals surface area contributed by atoms with Crippen LogP contribution in [0.25, 0.3) is 0 Å². The van der Waals surface area contributed by atoms with E-state index in [0.29, 0.717) is 6.61 Å². The van der Waals surface area contributed by atoms with Crippen molar-refractivity contribution in [3.05, 3.63) is 11.1 Å². The fraction of sp³-hybridized carbons (Fsp3) is 0.667. The Balaban J connectivity index is 3.03. The second-order valence-corrected chi connectivity index (χ2v) is 4.59. The van der Waals surface area contributed by atoms with Gasteiger partial charge in [0.25, 0.3) is 0 Å². The van der Waals surface area contributed by atoms with Crippen LogP contribution in [0.2, 0.25) is 0 Å². The maximum absolute atomic E-state index is 12.0. The number of ketones is 1. The van der Waals surface area contributed by atoms with Crippen LogP contribution in [0.3, 0.4) is 0 Å². The molecule has 1 rings (SSSR count). The van der Waals surface area contributed by atoms with Crippen molar-refractivity contribution in [2.75, 3.05) is 6.61 Å². The van der Waals surface area contributed by atoms with Crippen molar-refractivity contribution in [2.24, 2.45) is 5.41 Å². The molecule has 0 N–H and O–H groups in total. The zero-order valence-electron chi connectivity index (χ0n) is 9.85. The van der Waals surface area contributed by atoms with Gasteiger partial charge in [-0.2, -0.15) is 0 Å². The summed E-state index contributed by atoms with van der Waals surface area (Å²) in [4.78, 5) is 23.6. The van der Waals surface area contributed by atoms with Gasteiger partial charge in [-0.3, -0.25) is 4.79 Å². The number of esters is 1. The van der Waals surface area contributed by atoms with E-state index in [-0.39, 0.29) is 11.4 Å². The molecule has 15 heavy (non-hydrogen) atoms. The number of rotatable bonds is 2. The van der Waals surface area contributed by atoms with Gasteiger partial charge in [-0.25, -0.2) is 4.79 Å². The van der Waals surface area contributed by atoms with E-state index in [0.717, 1.165) is 18.4 Å². The third-order valence-electron chi connectivity index (χ3n) is 2.87. The fourth-order valence-electron chi connectivity index (χ4n) is 1.74. The molecule has 1 aliphatic rings. The summed E-state index contributed by atoms with van der Waals surface area (Å²) < 4.78 is 4.90. The number of carbonyl (C=O) groups excluding carboxylic acids is 2. The number of Topliss-reactive ketones (excluding diaryl/α,β-unsaturated/α-hetero) is 1. The van der Waals surface area contributed by atoms with E-state index in [1.807, 2.05) is 20.8 Å². The van der Waals surface area contributed by atoms with E-state index in [2.05, 4.69) is 0 Å². The molecule has 0 heterocycles. The van der Waals surface area contributed by atoms with Crippen LogP contribution in [0.5, 0.6) is 0 Å². The van der Waals surface area contributed by atoms with E-state index in [9.17, 15) is 9.59 Å². The third-order valence-corrected chi connectivity index (χ3v) is 2.87. The summed E-state index contributed by atoms with van der Waals surface area (Å²) in [6.45, 7) is 7.64. The van der Waals surface area contributed by atoms with Gasteiger partial charge in [0.05, 0.1) is 6.61 Å². The molecule has 0 amide bonds. The first-order valence-corrected chi connectivity index (χ1v) is 5.32. The lowest BCUT2D eigenvalue weighted by molar-refractivity contribution is -0.141. The minimum Gasteiger partial charge on any atom is -0.462 e. The molecular formula is C12H18O3. The molecule has 1 aliphatic carbocycles. The molecule has 0 atom stereocenters. The van der Waals surface area contributed by atoms with Gasteiger partial charge in [-0.15, -0.1) is 0 Å².